The Balaban J connectivity index is 2.52. The van der Waals surface area contributed by atoms with Crippen LogP contribution in [-0.4, -0.2) is 33.2 Å². The zero-order valence-electron chi connectivity index (χ0n) is 10.5. The monoisotopic (exact) mass is 328 g/mol. The van der Waals surface area contributed by atoms with Gasteiger partial charge in [0.25, 0.3) is 15.7 Å². The first-order valence-electron chi connectivity index (χ1n) is 5.46. The molecule has 2 aromatic rings. The predicted octanol–water partition coefficient (Wildman–Crippen LogP) is 0.136. The van der Waals surface area contributed by atoms with Crippen LogP contribution in [0.2, 0.25) is 0 Å². The van der Waals surface area contributed by atoms with Crippen molar-refractivity contribution in [3.63, 3.8) is 0 Å². The standard InChI is InChI=1S/C10H8N4O7S/c15-6-2-1-4(22(19,20)21)3-5(6)13-14-7-8(16)11-10(18)12-9(7)17/h1-3,15H,(H,19,20,21)(H3,11,12,16,17,18). The molecule has 0 spiro atoms. The van der Waals surface area contributed by atoms with E-state index < -0.39 is 43.6 Å². The van der Waals surface area contributed by atoms with E-state index in [1.54, 1.807) is 4.98 Å². The fraction of sp³-hybridized carbons (Fsp3) is 0. The van der Waals surface area contributed by atoms with Crippen LogP contribution in [-0.2, 0) is 10.1 Å². The Labute approximate surface area is 121 Å². The molecular weight excluding hydrogens is 320 g/mol. The van der Waals surface area contributed by atoms with Gasteiger partial charge >= 0.3 is 5.69 Å². The molecule has 5 N–H and O–H groups in total. The van der Waals surface area contributed by atoms with Gasteiger partial charge in [-0.2, -0.15) is 8.42 Å². The summed E-state index contributed by atoms with van der Waals surface area (Å²) >= 11 is 0. The SMILES string of the molecule is O=c1[nH]c(O)c(N=Nc2cc(S(=O)(=O)O)ccc2O)c(=O)[nH]1. The molecule has 0 radical (unpaired) electrons. The minimum absolute atomic E-state index is 0.389. The second-order valence-electron chi connectivity index (χ2n) is 3.93. The number of H-pyrrole nitrogens is 2. The van der Waals surface area contributed by atoms with E-state index in [9.17, 15) is 28.2 Å². The molecule has 0 bridgehead atoms. The Morgan fingerprint density at radius 3 is 2.32 bits per heavy atom. The Kier molecular flexibility index (Phi) is 3.79. The quantitative estimate of drug-likeness (QED) is 0.391. The summed E-state index contributed by atoms with van der Waals surface area (Å²) < 4.78 is 30.9. The van der Waals surface area contributed by atoms with Crippen LogP contribution in [0.25, 0.3) is 0 Å². The van der Waals surface area contributed by atoms with Gasteiger partial charge in [-0.05, 0) is 18.2 Å². The van der Waals surface area contributed by atoms with Gasteiger partial charge in [0.2, 0.25) is 11.6 Å². The highest BCUT2D eigenvalue weighted by Crippen LogP contribution is 2.30. The van der Waals surface area contributed by atoms with Gasteiger partial charge in [-0.3, -0.25) is 19.3 Å². The van der Waals surface area contributed by atoms with Crippen LogP contribution in [0.1, 0.15) is 0 Å². The van der Waals surface area contributed by atoms with Crippen molar-refractivity contribution in [3.8, 4) is 11.6 Å². The van der Waals surface area contributed by atoms with Gasteiger partial charge in [-0.25, -0.2) is 4.79 Å². The molecule has 12 heteroatoms. The number of phenols is 1. The van der Waals surface area contributed by atoms with Crippen LogP contribution in [0.4, 0.5) is 11.4 Å². The highest BCUT2D eigenvalue weighted by molar-refractivity contribution is 7.85. The van der Waals surface area contributed by atoms with Gasteiger partial charge in [-0.15, -0.1) is 10.2 Å². The average Bonchev–Trinajstić information content (AvgIpc) is 2.38. The molecule has 1 aromatic heterocycles. The number of aromatic hydroxyl groups is 2. The second kappa shape index (κ2) is 5.42. The maximum Gasteiger partial charge on any atom is 0.328 e. The number of nitrogens with one attached hydrogen (secondary N) is 2. The molecule has 116 valence electrons. The summed E-state index contributed by atoms with van der Waals surface area (Å²) in [6, 6.07) is 2.66. The van der Waals surface area contributed by atoms with E-state index in [2.05, 4.69) is 10.2 Å². The average molecular weight is 328 g/mol. The molecule has 0 aliphatic rings. The summed E-state index contributed by atoms with van der Waals surface area (Å²) in [6.07, 6.45) is 0. The minimum Gasteiger partial charge on any atom is -0.506 e. The number of benzene rings is 1. The maximum atomic E-state index is 11.4. The summed E-state index contributed by atoms with van der Waals surface area (Å²) in [5, 5.41) is 25.6. The van der Waals surface area contributed by atoms with E-state index in [0.29, 0.717) is 0 Å². The van der Waals surface area contributed by atoms with Crippen LogP contribution < -0.4 is 11.2 Å². The van der Waals surface area contributed by atoms with E-state index in [1.165, 1.54) is 0 Å². The third kappa shape index (κ3) is 3.18. The maximum absolute atomic E-state index is 11.4. The highest BCUT2D eigenvalue weighted by Gasteiger charge is 2.13. The lowest BCUT2D eigenvalue weighted by Crippen LogP contribution is -2.20. The Morgan fingerprint density at radius 2 is 1.73 bits per heavy atom. The van der Waals surface area contributed by atoms with Crippen molar-refractivity contribution in [1.82, 2.24) is 9.97 Å². The van der Waals surface area contributed by atoms with Crippen molar-refractivity contribution >= 4 is 21.5 Å². The first-order valence-corrected chi connectivity index (χ1v) is 6.90. The molecule has 0 saturated heterocycles. The number of phenolic OH excluding ortho intramolecular Hbond substituents is 1. The van der Waals surface area contributed by atoms with Crippen LogP contribution in [0, 0.1) is 0 Å². The van der Waals surface area contributed by atoms with Crippen molar-refractivity contribution in [2.45, 2.75) is 4.90 Å². The summed E-state index contributed by atoms with van der Waals surface area (Å²) in [4.78, 5) is 25.4. The molecule has 0 unspecified atom stereocenters. The van der Waals surface area contributed by atoms with Crippen molar-refractivity contribution in [3.05, 3.63) is 39.0 Å². The van der Waals surface area contributed by atoms with Gasteiger partial charge in [0, 0.05) is 0 Å². The molecule has 0 aliphatic carbocycles. The van der Waals surface area contributed by atoms with Crippen molar-refractivity contribution in [2.75, 3.05) is 0 Å². The fourth-order valence-electron chi connectivity index (χ4n) is 1.41. The summed E-state index contributed by atoms with van der Waals surface area (Å²) in [5.41, 5.74) is -3.05. The van der Waals surface area contributed by atoms with Crippen molar-refractivity contribution in [1.29, 1.82) is 0 Å². The van der Waals surface area contributed by atoms with Crippen LogP contribution in [0.3, 0.4) is 0 Å². The first-order chi connectivity index (χ1) is 10.2. The lowest BCUT2D eigenvalue weighted by Gasteiger charge is -2.01. The number of nitrogens with zero attached hydrogens (tertiary/aromatic N) is 2. The second-order valence-corrected chi connectivity index (χ2v) is 5.35. The van der Waals surface area contributed by atoms with Gasteiger partial charge in [0.05, 0.1) is 4.90 Å². The lowest BCUT2D eigenvalue weighted by molar-refractivity contribution is 0.449. The molecule has 2 rings (SSSR count). The third-order valence-corrected chi connectivity index (χ3v) is 3.25. The Morgan fingerprint density at radius 1 is 1.05 bits per heavy atom. The summed E-state index contributed by atoms with van der Waals surface area (Å²) in [7, 11) is -4.52. The van der Waals surface area contributed by atoms with E-state index >= 15 is 0 Å². The van der Waals surface area contributed by atoms with Gasteiger partial charge in [0.1, 0.15) is 11.4 Å². The van der Waals surface area contributed by atoms with Crippen molar-refractivity contribution < 1.29 is 23.2 Å². The largest absolute Gasteiger partial charge is 0.506 e. The number of azo groups is 1. The number of hydrogen-bond donors (Lipinski definition) is 5. The molecule has 0 aliphatic heterocycles. The van der Waals surface area contributed by atoms with E-state index in [4.69, 9.17) is 4.55 Å². The fourth-order valence-corrected chi connectivity index (χ4v) is 1.91. The van der Waals surface area contributed by atoms with E-state index in [-0.39, 0.29) is 5.69 Å². The van der Waals surface area contributed by atoms with Gasteiger partial charge in [-0.1, -0.05) is 0 Å². The molecule has 0 amide bonds. The molecule has 22 heavy (non-hydrogen) atoms. The topological polar surface area (TPSA) is 185 Å². The molecule has 0 saturated carbocycles. The van der Waals surface area contributed by atoms with E-state index in [0.717, 1.165) is 18.2 Å². The Hall–Kier alpha value is -2.99. The zero-order chi connectivity index (χ0) is 16.5. The number of hydrogen-bond acceptors (Lipinski definition) is 8. The van der Waals surface area contributed by atoms with Crippen molar-refractivity contribution in [2.24, 2.45) is 10.2 Å². The predicted molar refractivity (Wildman–Crippen MR) is 71.4 cm³/mol. The normalized spacial score (nSPS) is 11.9. The minimum atomic E-state index is -4.52. The zero-order valence-corrected chi connectivity index (χ0v) is 11.3. The molecule has 0 atom stereocenters. The summed E-state index contributed by atoms with van der Waals surface area (Å²) in [5.74, 6) is -1.35. The molecule has 11 nitrogen and oxygen atoms in total. The highest BCUT2D eigenvalue weighted by atomic mass is 32.2. The first kappa shape index (κ1) is 15.4. The third-order valence-electron chi connectivity index (χ3n) is 2.40. The number of aromatic amines is 2. The van der Waals surface area contributed by atoms with Crippen LogP contribution >= 0.6 is 0 Å². The van der Waals surface area contributed by atoms with Gasteiger partial charge < -0.3 is 10.2 Å². The van der Waals surface area contributed by atoms with E-state index in [1.807, 2.05) is 4.98 Å². The Bertz CT molecular complexity index is 974. The number of rotatable bonds is 3. The van der Waals surface area contributed by atoms with Crippen LogP contribution in [0.5, 0.6) is 11.6 Å². The lowest BCUT2D eigenvalue weighted by atomic mass is 10.3. The van der Waals surface area contributed by atoms with Gasteiger partial charge in [0.15, 0.2) is 0 Å². The van der Waals surface area contributed by atoms with Crippen LogP contribution in [0.15, 0.2) is 42.9 Å². The molecule has 1 aromatic carbocycles. The summed E-state index contributed by atoms with van der Waals surface area (Å²) in [6.45, 7) is 0. The molecule has 0 fully saturated rings. The molecular formula is C10H8N4O7S. The molecule has 1 heterocycles. The smallest absolute Gasteiger partial charge is 0.328 e. The number of aromatic nitrogens is 2.